The summed E-state index contributed by atoms with van der Waals surface area (Å²) in [6.45, 7) is 2.09. The molecule has 20 heavy (non-hydrogen) atoms. The second-order valence-electron chi connectivity index (χ2n) is 5.82. The molecule has 6 nitrogen and oxygen atoms in total. The number of aromatic nitrogens is 2. The van der Waals surface area contributed by atoms with E-state index < -0.39 is 0 Å². The van der Waals surface area contributed by atoms with E-state index in [-0.39, 0.29) is 6.03 Å². The quantitative estimate of drug-likeness (QED) is 0.897. The van der Waals surface area contributed by atoms with Crippen molar-refractivity contribution in [3.63, 3.8) is 0 Å². The van der Waals surface area contributed by atoms with Gasteiger partial charge in [-0.15, -0.1) is 0 Å². The number of urea groups is 1. The number of carbonyl (C=O) groups excluding carboxylic acids is 1. The first-order valence-corrected chi connectivity index (χ1v) is 7.21. The SMILES string of the molecule is COC1[C@@H]2CC[C@H]1CN(C(=O)NCc1nccn1C)C2. The minimum Gasteiger partial charge on any atom is -0.381 e. The number of hydrogen-bond acceptors (Lipinski definition) is 3. The Morgan fingerprint density at radius 2 is 2.15 bits per heavy atom. The number of amides is 2. The number of fused-ring (bicyclic) bond motifs is 2. The van der Waals surface area contributed by atoms with E-state index in [1.54, 1.807) is 13.3 Å². The number of nitrogens with zero attached hydrogens (tertiary/aromatic N) is 3. The molecule has 0 spiro atoms. The number of likely N-dealkylation sites (tertiary alicyclic amines) is 1. The Morgan fingerprint density at radius 1 is 1.45 bits per heavy atom. The van der Waals surface area contributed by atoms with E-state index in [4.69, 9.17) is 4.74 Å². The number of aryl methyl sites for hydroxylation is 1. The fraction of sp³-hybridized carbons (Fsp3) is 0.714. The monoisotopic (exact) mass is 278 g/mol. The Kier molecular flexibility index (Phi) is 3.65. The molecule has 1 saturated carbocycles. The molecule has 1 aliphatic carbocycles. The molecule has 0 aromatic carbocycles. The van der Waals surface area contributed by atoms with Crippen LogP contribution in [0.15, 0.2) is 12.4 Å². The number of piperidine rings is 1. The van der Waals surface area contributed by atoms with Crippen LogP contribution in [0.5, 0.6) is 0 Å². The van der Waals surface area contributed by atoms with Crippen LogP contribution in [0.3, 0.4) is 0 Å². The lowest BCUT2D eigenvalue weighted by atomic mass is 9.95. The minimum atomic E-state index is 0.0134. The number of nitrogens with one attached hydrogen (secondary N) is 1. The van der Waals surface area contributed by atoms with Crippen LogP contribution in [0.2, 0.25) is 0 Å². The molecular weight excluding hydrogens is 256 g/mol. The lowest BCUT2D eigenvalue weighted by Crippen LogP contribution is -2.51. The van der Waals surface area contributed by atoms with Crippen molar-refractivity contribution >= 4 is 6.03 Å². The summed E-state index contributed by atoms with van der Waals surface area (Å²) in [5.74, 6) is 1.86. The summed E-state index contributed by atoms with van der Waals surface area (Å²) in [7, 11) is 3.71. The van der Waals surface area contributed by atoms with Crippen molar-refractivity contribution in [2.45, 2.75) is 25.5 Å². The van der Waals surface area contributed by atoms with Gasteiger partial charge in [-0.25, -0.2) is 9.78 Å². The number of rotatable bonds is 3. The van der Waals surface area contributed by atoms with Crippen LogP contribution in [0.1, 0.15) is 18.7 Å². The fourth-order valence-corrected chi connectivity index (χ4v) is 3.56. The first-order chi connectivity index (χ1) is 9.69. The predicted molar refractivity (Wildman–Crippen MR) is 74.0 cm³/mol. The predicted octanol–water partition coefficient (Wildman–Crippen LogP) is 0.986. The molecule has 0 radical (unpaired) electrons. The van der Waals surface area contributed by atoms with Crippen molar-refractivity contribution < 1.29 is 9.53 Å². The molecule has 1 aromatic heterocycles. The summed E-state index contributed by atoms with van der Waals surface area (Å²) in [6.07, 6.45) is 6.31. The van der Waals surface area contributed by atoms with Gasteiger partial charge in [-0.1, -0.05) is 0 Å². The Morgan fingerprint density at radius 3 is 2.70 bits per heavy atom. The van der Waals surface area contributed by atoms with E-state index in [1.807, 2.05) is 22.7 Å². The Hall–Kier alpha value is -1.56. The van der Waals surface area contributed by atoms with Gasteiger partial charge in [0.05, 0.1) is 12.6 Å². The van der Waals surface area contributed by atoms with Gasteiger partial charge in [0.15, 0.2) is 0 Å². The molecule has 2 bridgehead atoms. The average Bonchev–Trinajstić information content (AvgIpc) is 2.96. The third-order valence-corrected chi connectivity index (χ3v) is 4.63. The minimum absolute atomic E-state index is 0.0134. The van der Waals surface area contributed by atoms with E-state index >= 15 is 0 Å². The van der Waals surface area contributed by atoms with Crippen molar-refractivity contribution in [3.05, 3.63) is 18.2 Å². The van der Waals surface area contributed by atoms with Crippen LogP contribution in [0.25, 0.3) is 0 Å². The summed E-state index contributed by atoms with van der Waals surface area (Å²) in [5, 5.41) is 2.96. The van der Waals surface area contributed by atoms with Crippen molar-refractivity contribution in [2.75, 3.05) is 20.2 Å². The molecular formula is C14H22N4O2. The number of carbonyl (C=O) groups is 1. The third kappa shape index (κ3) is 2.40. The largest absolute Gasteiger partial charge is 0.381 e. The van der Waals surface area contributed by atoms with Gasteiger partial charge in [0.25, 0.3) is 0 Å². The molecule has 1 N–H and O–H groups in total. The van der Waals surface area contributed by atoms with Crippen molar-refractivity contribution in [2.24, 2.45) is 18.9 Å². The molecule has 2 heterocycles. The first-order valence-electron chi connectivity index (χ1n) is 7.21. The van der Waals surface area contributed by atoms with Gasteiger partial charge in [-0.05, 0) is 12.8 Å². The lowest BCUT2D eigenvalue weighted by Gasteiger charge is -2.37. The van der Waals surface area contributed by atoms with E-state index in [2.05, 4.69) is 10.3 Å². The fourth-order valence-electron chi connectivity index (χ4n) is 3.56. The highest BCUT2D eigenvalue weighted by Crippen LogP contribution is 2.38. The molecule has 2 aliphatic rings. The van der Waals surface area contributed by atoms with Crippen LogP contribution in [0.4, 0.5) is 4.79 Å². The Bertz CT molecular complexity index is 473. The maximum absolute atomic E-state index is 12.3. The third-order valence-electron chi connectivity index (χ3n) is 4.63. The van der Waals surface area contributed by atoms with E-state index in [0.29, 0.717) is 24.5 Å². The summed E-state index contributed by atoms with van der Waals surface area (Å²) in [6, 6.07) is 0.0134. The average molecular weight is 278 g/mol. The van der Waals surface area contributed by atoms with Crippen molar-refractivity contribution in [1.29, 1.82) is 0 Å². The van der Waals surface area contributed by atoms with E-state index in [0.717, 1.165) is 18.9 Å². The topological polar surface area (TPSA) is 59.4 Å². The smallest absolute Gasteiger partial charge is 0.317 e. The number of hydrogen-bond donors (Lipinski definition) is 1. The molecule has 3 rings (SSSR count). The highest BCUT2D eigenvalue weighted by Gasteiger charge is 2.43. The van der Waals surface area contributed by atoms with Crippen LogP contribution in [0, 0.1) is 11.8 Å². The zero-order valence-corrected chi connectivity index (χ0v) is 12.1. The van der Waals surface area contributed by atoms with Crippen LogP contribution in [-0.2, 0) is 18.3 Å². The van der Waals surface area contributed by atoms with Crippen molar-refractivity contribution in [1.82, 2.24) is 19.8 Å². The van der Waals surface area contributed by atoms with Crippen molar-refractivity contribution in [3.8, 4) is 0 Å². The molecule has 1 aromatic rings. The van der Waals surface area contributed by atoms with Crippen LogP contribution >= 0.6 is 0 Å². The molecule has 110 valence electrons. The molecule has 1 unspecified atom stereocenters. The standard InChI is InChI=1S/C14H22N4O2/c1-17-6-5-15-12(17)7-16-14(19)18-8-10-3-4-11(9-18)13(10)20-2/h5-6,10-11,13H,3-4,7-9H2,1-2H3,(H,16,19)/t10-,11+,13?. The van der Waals surface area contributed by atoms with E-state index in [1.165, 1.54) is 12.8 Å². The van der Waals surface area contributed by atoms with Gasteiger partial charge >= 0.3 is 6.03 Å². The maximum atomic E-state index is 12.3. The zero-order chi connectivity index (χ0) is 14.1. The molecule has 1 aliphatic heterocycles. The Labute approximate surface area is 119 Å². The van der Waals surface area contributed by atoms with Crippen LogP contribution < -0.4 is 5.32 Å². The summed E-state index contributed by atoms with van der Waals surface area (Å²) >= 11 is 0. The highest BCUT2D eigenvalue weighted by atomic mass is 16.5. The summed E-state index contributed by atoms with van der Waals surface area (Å²) in [5.41, 5.74) is 0. The zero-order valence-electron chi connectivity index (χ0n) is 12.1. The molecule has 1 saturated heterocycles. The number of ether oxygens (including phenoxy) is 1. The first kappa shape index (κ1) is 13.4. The second-order valence-corrected chi connectivity index (χ2v) is 5.82. The van der Waals surface area contributed by atoms with Gasteiger partial charge in [0.1, 0.15) is 5.82 Å². The maximum Gasteiger partial charge on any atom is 0.317 e. The van der Waals surface area contributed by atoms with Gasteiger partial charge in [0, 0.05) is 51.5 Å². The second kappa shape index (κ2) is 5.44. The molecule has 2 amide bonds. The highest BCUT2D eigenvalue weighted by molar-refractivity contribution is 5.74. The van der Waals surface area contributed by atoms with E-state index in [9.17, 15) is 4.79 Å². The number of methoxy groups -OCH3 is 1. The summed E-state index contributed by atoms with van der Waals surface area (Å²) in [4.78, 5) is 18.4. The van der Waals surface area contributed by atoms with Crippen LogP contribution in [-0.4, -0.2) is 46.8 Å². The van der Waals surface area contributed by atoms with Gasteiger partial charge < -0.3 is 19.5 Å². The Balaban J connectivity index is 1.55. The van der Waals surface area contributed by atoms with Gasteiger partial charge in [-0.2, -0.15) is 0 Å². The van der Waals surface area contributed by atoms with Gasteiger partial charge in [-0.3, -0.25) is 0 Å². The molecule has 6 heteroatoms. The summed E-state index contributed by atoms with van der Waals surface area (Å²) < 4.78 is 7.49. The lowest BCUT2D eigenvalue weighted by molar-refractivity contribution is -0.00511. The molecule has 3 atom stereocenters. The van der Waals surface area contributed by atoms with Gasteiger partial charge in [0.2, 0.25) is 0 Å². The molecule has 2 fully saturated rings. The number of imidazole rings is 1. The normalized spacial score (nSPS) is 28.7.